The van der Waals surface area contributed by atoms with Crippen LogP contribution in [0.4, 0.5) is 0 Å². The van der Waals surface area contributed by atoms with E-state index >= 15 is 0 Å². The zero-order chi connectivity index (χ0) is 12.9. The van der Waals surface area contributed by atoms with E-state index in [4.69, 9.17) is 12.2 Å². The van der Waals surface area contributed by atoms with Crippen LogP contribution < -0.4 is 10.7 Å². The van der Waals surface area contributed by atoms with Crippen molar-refractivity contribution in [2.75, 3.05) is 6.17 Å². The summed E-state index contributed by atoms with van der Waals surface area (Å²) in [4.78, 5) is 0. The average molecular weight is 265 g/mol. The zero-order valence-corrected chi connectivity index (χ0v) is 12.6. The number of nitrogens with one attached hydrogen (secondary N) is 2. The number of hydrogen-bond acceptors (Lipinski definition) is 2. The maximum atomic E-state index is 5.15. The van der Waals surface area contributed by atoms with E-state index in [-0.39, 0.29) is 0 Å². The summed E-state index contributed by atoms with van der Waals surface area (Å²) in [7, 11) is -1.12. The van der Waals surface area contributed by atoms with Crippen molar-refractivity contribution in [2.24, 2.45) is 5.10 Å². The second-order valence-electron chi connectivity index (χ2n) is 5.14. The Bertz CT molecular complexity index is 424. The molecule has 92 valence electrons. The molecule has 2 N–H and O–H groups in total. The van der Waals surface area contributed by atoms with Crippen LogP contribution in [0.25, 0.3) is 0 Å². The van der Waals surface area contributed by atoms with Crippen LogP contribution in [0.5, 0.6) is 0 Å². The molecule has 0 unspecified atom stereocenters. The van der Waals surface area contributed by atoms with Crippen molar-refractivity contribution in [2.45, 2.75) is 26.6 Å². The Balaban J connectivity index is 2.40. The highest BCUT2D eigenvalue weighted by molar-refractivity contribution is 7.80. The summed E-state index contributed by atoms with van der Waals surface area (Å²) in [5.41, 5.74) is 7.82. The third kappa shape index (κ3) is 5.63. The van der Waals surface area contributed by atoms with Gasteiger partial charge in [0, 0.05) is 11.7 Å². The molecule has 0 heterocycles. The predicted octanol–water partition coefficient (Wildman–Crippen LogP) is 2.36. The normalized spacial score (nSPS) is 14.8. The van der Waals surface area contributed by atoms with E-state index in [1.807, 2.05) is 25.2 Å². The Morgan fingerprint density at radius 1 is 1.47 bits per heavy atom. The summed E-state index contributed by atoms with van der Waals surface area (Å²) in [5.74, 6) is 0. The number of rotatable bonds is 4. The van der Waals surface area contributed by atoms with Gasteiger partial charge in [-0.1, -0.05) is 25.7 Å². The summed E-state index contributed by atoms with van der Waals surface area (Å²) < 4.78 is 0. The smallest absolute Gasteiger partial charge is 0.186 e. The molecule has 0 spiro atoms. The van der Waals surface area contributed by atoms with Gasteiger partial charge in [-0.2, -0.15) is 5.10 Å². The van der Waals surface area contributed by atoms with E-state index in [0.717, 1.165) is 17.5 Å². The Morgan fingerprint density at radius 3 is 2.71 bits per heavy atom. The topological polar surface area (TPSA) is 36.4 Å². The first-order chi connectivity index (χ1) is 7.88. The molecule has 1 aliphatic carbocycles. The molecule has 0 saturated carbocycles. The number of hydrogen-bond donors (Lipinski definition) is 2. The fourth-order valence-corrected chi connectivity index (χ4v) is 2.09. The van der Waals surface area contributed by atoms with Gasteiger partial charge in [0.15, 0.2) is 5.11 Å². The van der Waals surface area contributed by atoms with Crippen molar-refractivity contribution in [1.29, 1.82) is 0 Å². The molecule has 0 bridgehead atoms. The fraction of sp³-hybridized carbons (Fsp3) is 0.417. The van der Waals surface area contributed by atoms with Crippen molar-refractivity contribution >= 4 is 31.1 Å². The Kier molecular flexibility index (Phi) is 4.87. The highest BCUT2D eigenvalue weighted by Gasteiger charge is 2.12. The number of hydrazone groups is 1. The van der Waals surface area contributed by atoms with Crippen LogP contribution >= 0.6 is 12.2 Å². The summed E-state index contributed by atoms with van der Waals surface area (Å²) >= 11 is 5.15. The number of thiocarbonyl (C=S) groups is 1. The molecule has 0 aromatic heterocycles. The molecule has 1 rings (SSSR count). The zero-order valence-electron chi connectivity index (χ0n) is 10.8. The van der Waals surface area contributed by atoms with E-state index in [0.29, 0.717) is 5.11 Å². The predicted molar refractivity (Wildman–Crippen MR) is 80.9 cm³/mol. The highest BCUT2D eigenvalue weighted by Crippen LogP contribution is 2.03. The minimum atomic E-state index is -1.12. The van der Waals surface area contributed by atoms with Gasteiger partial charge in [-0.3, -0.25) is 5.43 Å². The van der Waals surface area contributed by atoms with E-state index in [1.165, 1.54) is 0 Å². The van der Waals surface area contributed by atoms with Gasteiger partial charge < -0.3 is 5.32 Å². The maximum Gasteiger partial charge on any atom is 0.186 e. The maximum absolute atomic E-state index is 5.15. The quantitative estimate of drug-likeness (QED) is 0.269. The minimum Gasteiger partial charge on any atom is -0.364 e. The first-order valence-electron chi connectivity index (χ1n) is 5.60. The Hall–Kier alpha value is -1.16. The van der Waals surface area contributed by atoms with Gasteiger partial charge in [0.2, 0.25) is 0 Å². The second kappa shape index (κ2) is 5.96. The fourth-order valence-electron chi connectivity index (χ4n) is 1.14. The lowest BCUT2D eigenvalue weighted by Crippen LogP contribution is -2.43. The molecular formula is C12H19N3SSi. The Labute approximate surface area is 109 Å². The van der Waals surface area contributed by atoms with Gasteiger partial charge in [0.1, 0.15) is 0 Å². The Morgan fingerprint density at radius 2 is 2.18 bits per heavy atom. The van der Waals surface area contributed by atoms with Gasteiger partial charge in [-0.25, -0.2) is 0 Å². The molecule has 5 heteroatoms. The number of allylic oxidation sites excluding steroid dienone is 3. The first kappa shape index (κ1) is 13.9. The summed E-state index contributed by atoms with van der Waals surface area (Å²) in [6.45, 7) is 8.79. The van der Waals surface area contributed by atoms with Crippen LogP contribution in [0.1, 0.15) is 6.92 Å². The molecule has 0 aromatic carbocycles. The molecule has 0 radical (unpaired) electrons. The molecule has 0 aliphatic heterocycles. The van der Waals surface area contributed by atoms with Crippen molar-refractivity contribution in [3.63, 3.8) is 0 Å². The van der Waals surface area contributed by atoms with Crippen molar-refractivity contribution in [3.8, 4) is 0 Å². The van der Waals surface area contributed by atoms with Crippen LogP contribution in [0.2, 0.25) is 19.6 Å². The molecule has 1 aliphatic rings. The third-order valence-electron chi connectivity index (χ3n) is 2.09. The molecule has 0 aromatic rings. The molecule has 0 atom stereocenters. The van der Waals surface area contributed by atoms with E-state index in [9.17, 15) is 0 Å². The van der Waals surface area contributed by atoms with Crippen molar-refractivity contribution in [3.05, 3.63) is 29.5 Å². The molecule has 3 nitrogen and oxygen atoms in total. The molecule has 0 amide bonds. The van der Waals surface area contributed by atoms with Gasteiger partial charge >= 0.3 is 0 Å². The average Bonchev–Trinajstić information content (AvgIpc) is 2.75. The van der Waals surface area contributed by atoms with Crippen LogP contribution in [0.3, 0.4) is 0 Å². The second-order valence-corrected chi connectivity index (χ2v) is 11.0. The first-order valence-corrected chi connectivity index (χ1v) is 9.72. The van der Waals surface area contributed by atoms with Crippen molar-refractivity contribution in [1.82, 2.24) is 10.7 Å². The summed E-state index contributed by atoms with van der Waals surface area (Å²) in [6.07, 6.45) is 6.74. The van der Waals surface area contributed by atoms with E-state index in [2.05, 4.69) is 41.2 Å². The lowest BCUT2D eigenvalue weighted by Gasteiger charge is -2.17. The van der Waals surface area contributed by atoms with Gasteiger partial charge in [0.05, 0.1) is 13.8 Å². The molecule has 17 heavy (non-hydrogen) atoms. The van der Waals surface area contributed by atoms with E-state index < -0.39 is 8.07 Å². The third-order valence-corrected chi connectivity index (χ3v) is 3.57. The molecule has 0 saturated heterocycles. The van der Waals surface area contributed by atoms with E-state index in [1.54, 1.807) is 0 Å². The van der Waals surface area contributed by atoms with Gasteiger partial charge in [-0.15, -0.1) is 5.73 Å². The lowest BCUT2D eigenvalue weighted by atomic mass is 10.2. The van der Waals surface area contributed by atoms with Crippen LogP contribution in [-0.4, -0.2) is 25.1 Å². The van der Waals surface area contributed by atoms with Gasteiger partial charge in [-0.05, 0) is 31.3 Å². The number of nitrogens with zero attached hydrogens (tertiary/aromatic N) is 1. The molecule has 0 fully saturated rings. The summed E-state index contributed by atoms with van der Waals surface area (Å²) in [5, 5.41) is 7.98. The summed E-state index contributed by atoms with van der Waals surface area (Å²) in [6, 6.07) is 0. The van der Waals surface area contributed by atoms with Crippen LogP contribution in [-0.2, 0) is 0 Å². The van der Waals surface area contributed by atoms with Crippen LogP contribution in [0, 0.1) is 0 Å². The monoisotopic (exact) mass is 265 g/mol. The highest BCUT2D eigenvalue weighted by atomic mass is 32.1. The lowest BCUT2D eigenvalue weighted by molar-refractivity contribution is 0.948. The van der Waals surface area contributed by atoms with Gasteiger partial charge in [0.25, 0.3) is 0 Å². The van der Waals surface area contributed by atoms with Crippen LogP contribution in [0.15, 0.2) is 34.6 Å². The minimum absolute atomic E-state index is 0.582. The largest absolute Gasteiger partial charge is 0.364 e. The standard InChI is InChI=1S/C12H19N3SSi/c1-10(11-7-5-6-8-11)14-15-12(16)13-9-17(2,3)4/h5-7H,9H2,1-4H3,(H2,13,15,16)/b14-10+. The SMILES string of the molecule is C/C(=N\NC(=S)NC[Si](C)(C)C)C1=C=CC=C1. The van der Waals surface area contributed by atoms with Crippen molar-refractivity contribution < 1.29 is 0 Å². The molecular weight excluding hydrogens is 246 g/mol.